The number of aromatic nitrogens is 1. The van der Waals surface area contributed by atoms with Gasteiger partial charge in [0.2, 0.25) is 0 Å². The summed E-state index contributed by atoms with van der Waals surface area (Å²) in [6, 6.07) is 9.09. The molecule has 0 saturated carbocycles. The van der Waals surface area contributed by atoms with Crippen LogP contribution in [-0.2, 0) is 9.53 Å². The summed E-state index contributed by atoms with van der Waals surface area (Å²) in [5.74, 6) is -1.09. The van der Waals surface area contributed by atoms with Crippen LogP contribution in [0.5, 0.6) is 0 Å². The zero-order valence-electron chi connectivity index (χ0n) is 15.6. The summed E-state index contributed by atoms with van der Waals surface area (Å²) in [6.45, 7) is 4.62. The number of esters is 1. The molecule has 0 unspecified atom stereocenters. The Kier molecular flexibility index (Phi) is 5.70. The topological polar surface area (TPSA) is 98.5 Å². The lowest BCUT2D eigenvalue weighted by Crippen LogP contribution is -2.22. The fourth-order valence-corrected chi connectivity index (χ4v) is 3.35. The van der Waals surface area contributed by atoms with E-state index in [4.69, 9.17) is 9.15 Å². The molecule has 0 atom stereocenters. The molecule has 0 spiro atoms. The van der Waals surface area contributed by atoms with Crippen LogP contribution < -0.4 is 10.9 Å². The zero-order valence-corrected chi connectivity index (χ0v) is 16.4. The summed E-state index contributed by atoms with van der Waals surface area (Å²) < 4.78 is 9.93. The molecule has 0 aliphatic rings. The molecule has 7 nitrogen and oxygen atoms in total. The van der Waals surface area contributed by atoms with Gasteiger partial charge >= 0.3 is 11.6 Å². The van der Waals surface area contributed by atoms with Crippen LogP contribution in [0.15, 0.2) is 44.9 Å². The Morgan fingerprint density at radius 2 is 1.89 bits per heavy atom. The second-order valence-corrected chi connectivity index (χ2v) is 7.07. The van der Waals surface area contributed by atoms with Crippen molar-refractivity contribution < 1.29 is 18.7 Å². The van der Waals surface area contributed by atoms with Gasteiger partial charge in [-0.05, 0) is 26.3 Å². The van der Waals surface area contributed by atoms with Crippen LogP contribution in [0.1, 0.15) is 27.2 Å². The standard InChI is InChI=1S/C20H18N2O5S/c1-11-4-6-14(7-5-11)15-10-28-20(21-15)22-16(23)9-26-19(25)18-12(2)8-17(24)27-13(18)3/h4-8,10H,9H2,1-3H3,(H,21,22,23). The van der Waals surface area contributed by atoms with Crippen molar-refractivity contribution in [1.82, 2.24) is 4.98 Å². The van der Waals surface area contributed by atoms with E-state index < -0.39 is 24.1 Å². The molecule has 1 amide bonds. The molecular formula is C20H18N2O5S. The normalized spacial score (nSPS) is 10.5. The van der Waals surface area contributed by atoms with Gasteiger partial charge in [-0.1, -0.05) is 29.8 Å². The van der Waals surface area contributed by atoms with Crippen LogP contribution >= 0.6 is 11.3 Å². The number of carbonyl (C=O) groups excluding carboxylic acids is 2. The first-order valence-electron chi connectivity index (χ1n) is 8.44. The molecule has 1 aromatic carbocycles. The maximum Gasteiger partial charge on any atom is 0.342 e. The van der Waals surface area contributed by atoms with Crippen LogP contribution in [0.2, 0.25) is 0 Å². The van der Waals surface area contributed by atoms with E-state index in [1.54, 1.807) is 6.92 Å². The van der Waals surface area contributed by atoms with Crippen molar-refractivity contribution in [3.63, 3.8) is 0 Å². The van der Waals surface area contributed by atoms with Gasteiger partial charge in [-0.25, -0.2) is 14.6 Å². The van der Waals surface area contributed by atoms with Crippen LogP contribution in [0.25, 0.3) is 11.3 Å². The van der Waals surface area contributed by atoms with E-state index in [9.17, 15) is 14.4 Å². The number of ether oxygens (including phenoxy) is 1. The smallest absolute Gasteiger partial charge is 0.342 e. The molecule has 0 aliphatic carbocycles. The third kappa shape index (κ3) is 4.52. The molecular weight excluding hydrogens is 380 g/mol. The monoisotopic (exact) mass is 398 g/mol. The van der Waals surface area contributed by atoms with Gasteiger partial charge in [-0.2, -0.15) is 0 Å². The van der Waals surface area contributed by atoms with E-state index in [0.717, 1.165) is 16.8 Å². The van der Waals surface area contributed by atoms with Gasteiger partial charge in [0.1, 0.15) is 11.3 Å². The lowest BCUT2D eigenvalue weighted by molar-refractivity contribution is -0.119. The Morgan fingerprint density at radius 1 is 1.18 bits per heavy atom. The molecule has 2 aromatic heterocycles. The van der Waals surface area contributed by atoms with Gasteiger partial charge in [-0.3, -0.25) is 10.1 Å². The zero-order chi connectivity index (χ0) is 20.3. The second kappa shape index (κ2) is 8.18. The number of hydrogen-bond donors (Lipinski definition) is 1. The molecule has 8 heteroatoms. The molecule has 0 bridgehead atoms. The van der Waals surface area contributed by atoms with E-state index in [1.807, 2.05) is 36.6 Å². The van der Waals surface area contributed by atoms with Crippen molar-refractivity contribution in [2.75, 3.05) is 11.9 Å². The highest BCUT2D eigenvalue weighted by molar-refractivity contribution is 7.14. The van der Waals surface area contributed by atoms with Crippen molar-refractivity contribution in [2.24, 2.45) is 0 Å². The number of rotatable bonds is 5. The van der Waals surface area contributed by atoms with Gasteiger partial charge < -0.3 is 9.15 Å². The average molecular weight is 398 g/mol. The molecule has 28 heavy (non-hydrogen) atoms. The van der Waals surface area contributed by atoms with Crippen molar-refractivity contribution in [1.29, 1.82) is 0 Å². The summed E-state index contributed by atoms with van der Waals surface area (Å²) in [6.07, 6.45) is 0. The van der Waals surface area contributed by atoms with Gasteiger partial charge in [0, 0.05) is 17.0 Å². The molecule has 0 saturated heterocycles. The van der Waals surface area contributed by atoms with Crippen molar-refractivity contribution in [3.8, 4) is 11.3 Å². The second-order valence-electron chi connectivity index (χ2n) is 6.21. The van der Waals surface area contributed by atoms with Gasteiger partial charge in [0.15, 0.2) is 11.7 Å². The van der Waals surface area contributed by atoms with E-state index in [0.29, 0.717) is 10.7 Å². The number of thiazole rings is 1. The molecule has 0 aliphatic heterocycles. The van der Waals surface area contributed by atoms with Crippen LogP contribution in [0.4, 0.5) is 5.13 Å². The predicted molar refractivity (Wildman–Crippen MR) is 106 cm³/mol. The fourth-order valence-electron chi connectivity index (χ4n) is 2.61. The van der Waals surface area contributed by atoms with Crippen molar-refractivity contribution in [2.45, 2.75) is 20.8 Å². The maximum atomic E-state index is 12.2. The summed E-state index contributed by atoms with van der Waals surface area (Å²) in [5, 5.41) is 4.86. The van der Waals surface area contributed by atoms with E-state index in [2.05, 4.69) is 10.3 Å². The molecule has 0 radical (unpaired) electrons. The minimum atomic E-state index is -0.728. The van der Waals surface area contributed by atoms with Crippen LogP contribution in [0, 0.1) is 20.8 Å². The SMILES string of the molecule is Cc1ccc(-c2csc(NC(=O)COC(=O)c3c(C)cc(=O)oc3C)n2)cc1. The first kappa shape index (κ1) is 19.5. The largest absolute Gasteiger partial charge is 0.452 e. The summed E-state index contributed by atoms with van der Waals surface area (Å²) in [5.41, 5.74) is 2.88. The minimum Gasteiger partial charge on any atom is -0.452 e. The highest BCUT2D eigenvalue weighted by Crippen LogP contribution is 2.25. The number of aryl methyl sites for hydroxylation is 3. The highest BCUT2D eigenvalue weighted by Gasteiger charge is 2.18. The van der Waals surface area contributed by atoms with Gasteiger partial charge in [0.25, 0.3) is 5.91 Å². The third-order valence-electron chi connectivity index (χ3n) is 3.97. The Bertz CT molecular complexity index is 1060. The molecule has 3 rings (SSSR count). The molecule has 144 valence electrons. The first-order chi connectivity index (χ1) is 13.3. The summed E-state index contributed by atoms with van der Waals surface area (Å²) >= 11 is 1.28. The quantitative estimate of drug-likeness (QED) is 0.661. The number of nitrogens with zero attached hydrogens (tertiary/aromatic N) is 1. The summed E-state index contributed by atoms with van der Waals surface area (Å²) in [7, 11) is 0. The van der Waals surface area contributed by atoms with Crippen LogP contribution in [0.3, 0.4) is 0 Å². The highest BCUT2D eigenvalue weighted by atomic mass is 32.1. The minimum absolute atomic E-state index is 0.142. The Balaban J connectivity index is 1.60. The number of benzene rings is 1. The summed E-state index contributed by atoms with van der Waals surface area (Å²) in [4.78, 5) is 39.9. The number of hydrogen-bond acceptors (Lipinski definition) is 7. The van der Waals surface area contributed by atoms with Crippen LogP contribution in [-0.4, -0.2) is 23.5 Å². The Morgan fingerprint density at radius 3 is 2.57 bits per heavy atom. The van der Waals surface area contributed by atoms with E-state index in [1.165, 1.54) is 24.3 Å². The molecule has 1 N–H and O–H groups in total. The number of nitrogens with one attached hydrogen (secondary N) is 1. The Labute approximate surface area is 165 Å². The third-order valence-corrected chi connectivity index (χ3v) is 4.73. The Hall–Kier alpha value is -3.26. The fraction of sp³-hybridized carbons (Fsp3) is 0.200. The predicted octanol–water partition coefficient (Wildman–Crippen LogP) is 3.48. The van der Waals surface area contributed by atoms with Gasteiger partial charge in [0.05, 0.1) is 5.69 Å². The first-order valence-corrected chi connectivity index (χ1v) is 9.32. The lowest BCUT2D eigenvalue weighted by Gasteiger charge is -2.08. The molecule has 0 fully saturated rings. The number of anilines is 1. The van der Waals surface area contributed by atoms with Gasteiger partial charge in [-0.15, -0.1) is 11.3 Å². The van der Waals surface area contributed by atoms with E-state index in [-0.39, 0.29) is 11.3 Å². The number of amides is 1. The van der Waals surface area contributed by atoms with E-state index >= 15 is 0 Å². The average Bonchev–Trinajstić information content (AvgIpc) is 3.08. The molecule has 2 heterocycles. The lowest BCUT2D eigenvalue weighted by atomic mass is 10.1. The van der Waals surface area contributed by atoms with Crippen molar-refractivity contribution >= 4 is 28.3 Å². The number of carbonyl (C=O) groups is 2. The maximum absolute atomic E-state index is 12.2. The molecule has 3 aromatic rings. The van der Waals surface area contributed by atoms with Crippen molar-refractivity contribution in [3.05, 3.63) is 68.6 Å².